The van der Waals surface area contributed by atoms with Gasteiger partial charge in [-0.2, -0.15) is 0 Å². The average Bonchev–Trinajstić information content (AvgIpc) is 2.58. The highest BCUT2D eigenvalue weighted by molar-refractivity contribution is 7.11. The Kier molecular flexibility index (Phi) is 3.22. The summed E-state index contributed by atoms with van der Waals surface area (Å²) >= 11 is 6.79. The maximum absolute atomic E-state index is 11.6. The van der Waals surface area contributed by atoms with Crippen LogP contribution < -0.4 is 4.87 Å². The fourth-order valence-electron chi connectivity index (χ4n) is 1.38. The van der Waals surface area contributed by atoms with Crippen LogP contribution in [0.3, 0.4) is 0 Å². The highest BCUT2D eigenvalue weighted by Gasteiger charge is 2.11. The monoisotopic (exact) mass is 253 g/mol. The molecule has 2 rings (SSSR count). The van der Waals surface area contributed by atoms with E-state index in [1.807, 2.05) is 30.3 Å². The summed E-state index contributed by atoms with van der Waals surface area (Å²) in [5.41, 5.74) is 0.974. The molecular weight excluding hydrogens is 246 g/mol. The van der Waals surface area contributed by atoms with Gasteiger partial charge in [0.25, 0.3) is 0 Å². The zero-order valence-electron chi connectivity index (χ0n) is 8.22. The van der Waals surface area contributed by atoms with Gasteiger partial charge in [-0.15, -0.1) is 0 Å². The molecule has 1 aromatic carbocycles. The highest BCUT2D eigenvalue weighted by atomic mass is 35.5. The van der Waals surface area contributed by atoms with E-state index in [9.17, 15) is 9.59 Å². The van der Waals surface area contributed by atoms with Crippen LogP contribution >= 0.6 is 22.9 Å². The first kappa shape index (κ1) is 11.1. The Labute approximate surface area is 101 Å². The molecule has 0 saturated heterocycles. The van der Waals surface area contributed by atoms with Crippen molar-refractivity contribution in [2.24, 2.45) is 0 Å². The van der Waals surface area contributed by atoms with Crippen LogP contribution in [0, 0.1) is 0 Å². The molecule has 0 unspecified atom stereocenters. The van der Waals surface area contributed by atoms with E-state index in [2.05, 4.69) is 0 Å². The van der Waals surface area contributed by atoms with Gasteiger partial charge in [-0.1, -0.05) is 53.3 Å². The van der Waals surface area contributed by atoms with Crippen molar-refractivity contribution in [2.45, 2.75) is 6.54 Å². The van der Waals surface area contributed by atoms with Gasteiger partial charge in [0.1, 0.15) is 10.0 Å². The number of thiazole rings is 1. The third-order valence-electron chi connectivity index (χ3n) is 2.15. The van der Waals surface area contributed by atoms with Crippen LogP contribution in [0.2, 0.25) is 5.15 Å². The van der Waals surface area contributed by atoms with Crippen LogP contribution in [-0.4, -0.2) is 10.9 Å². The summed E-state index contributed by atoms with van der Waals surface area (Å²) in [6.45, 7) is 0.392. The van der Waals surface area contributed by atoms with Gasteiger partial charge in [0.15, 0.2) is 6.29 Å². The molecule has 16 heavy (non-hydrogen) atoms. The number of aldehydes is 1. The van der Waals surface area contributed by atoms with Crippen molar-refractivity contribution in [2.75, 3.05) is 0 Å². The smallest absolute Gasteiger partial charge is 0.297 e. The third kappa shape index (κ3) is 2.08. The zero-order valence-corrected chi connectivity index (χ0v) is 9.79. The molecule has 0 aliphatic carbocycles. The van der Waals surface area contributed by atoms with Crippen LogP contribution in [-0.2, 0) is 6.54 Å². The van der Waals surface area contributed by atoms with Crippen molar-refractivity contribution in [3.8, 4) is 0 Å². The molecule has 5 heteroatoms. The summed E-state index contributed by atoms with van der Waals surface area (Å²) in [4.78, 5) is 22.2. The number of rotatable bonds is 3. The summed E-state index contributed by atoms with van der Waals surface area (Å²) in [6, 6.07) is 9.49. The predicted octanol–water partition coefficient (Wildman–Crippen LogP) is 2.42. The summed E-state index contributed by atoms with van der Waals surface area (Å²) in [5, 5.41) is 0.217. The first-order chi connectivity index (χ1) is 7.72. The molecule has 0 aliphatic heterocycles. The van der Waals surface area contributed by atoms with Crippen LogP contribution in [0.1, 0.15) is 15.2 Å². The van der Waals surface area contributed by atoms with Crippen molar-refractivity contribution >= 4 is 29.2 Å². The Morgan fingerprint density at radius 1 is 1.31 bits per heavy atom. The minimum atomic E-state index is -0.212. The van der Waals surface area contributed by atoms with Gasteiger partial charge >= 0.3 is 4.87 Å². The number of halogens is 1. The second-order valence-corrected chi connectivity index (χ2v) is 4.56. The van der Waals surface area contributed by atoms with Crippen LogP contribution in [0.25, 0.3) is 0 Å². The van der Waals surface area contributed by atoms with E-state index in [4.69, 9.17) is 11.6 Å². The number of carbonyl (C=O) groups is 1. The number of aromatic nitrogens is 1. The number of hydrogen-bond acceptors (Lipinski definition) is 3. The molecule has 0 amide bonds. The predicted molar refractivity (Wildman–Crippen MR) is 64.5 cm³/mol. The Bertz CT molecular complexity index is 559. The minimum Gasteiger partial charge on any atom is -0.297 e. The molecule has 0 saturated carbocycles. The first-order valence-electron chi connectivity index (χ1n) is 4.60. The topological polar surface area (TPSA) is 39.1 Å². The molecule has 1 aromatic heterocycles. The highest BCUT2D eigenvalue weighted by Crippen LogP contribution is 2.17. The molecule has 0 aliphatic rings. The van der Waals surface area contributed by atoms with Crippen molar-refractivity contribution in [1.29, 1.82) is 0 Å². The van der Waals surface area contributed by atoms with E-state index in [0.29, 0.717) is 12.8 Å². The third-order valence-corrected chi connectivity index (χ3v) is 3.57. The number of nitrogens with zero attached hydrogens (tertiary/aromatic N) is 1. The Hall–Kier alpha value is -1.39. The molecule has 3 nitrogen and oxygen atoms in total. The molecule has 82 valence electrons. The number of hydrogen-bond donors (Lipinski definition) is 0. The van der Waals surface area contributed by atoms with Gasteiger partial charge < -0.3 is 0 Å². The lowest BCUT2D eigenvalue weighted by molar-refractivity contribution is 0.112. The van der Waals surface area contributed by atoms with Crippen LogP contribution in [0.15, 0.2) is 35.1 Å². The van der Waals surface area contributed by atoms with Gasteiger partial charge in [0.05, 0.1) is 6.54 Å². The fraction of sp³-hybridized carbons (Fsp3) is 0.0909. The maximum atomic E-state index is 11.6. The van der Waals surface area contributed by atoms with E-state index in [0.717, 1.165) is 16.9 Å². The van der Waals surface area contributed by atoms with E-state index < -0.39 is 0 Å². The van der Waals surface area contributed by atoms with Crippen LogP contribution in [0.4, 0.5) is 0 Å². The SMILES string of the molecule is O=Cc1sc(=O)n(Cc2ccccc2)c1Cl. The molecular formula is C11H8ClNO2S. The van der Waals surface area contributed by atoms with Crippen molar-refractivity contribution < 1.29 is 4.79 Å². The summed E-state index contributed by atoms with van der Waals surface area (Å²) in [7, 11) is 0. The zero-order chi connectivity index (χ0) is 11.5. The van der Waals surface area contributed by atoms with Gasteiger partial charge in [-0.05, 0) is 5.56 Å². The lowest BCUT2D eigenvalue weighted by atomic mass is 10.2. The molecule has 0 spiro atoms. The second-order valence-electron chi connectivity index (χ2n) is 3.21. The van der Waals surface area contributed by atoms with Gasteiger partial charge in [-0.25, -0.2) is 0 Å². The molecule has 0 bridgehead atoms. The summed E-state index contributed by atoms with van der Waals surface area (Å²) in [5.74, 6) is 0. The van der Waals surface area contributed by atoms with Crippen molar-refractivity contribution in [3.05, 3.63) is 55.6 Å². The van der Waals surface area contributed by atoms with Crippen molar-refractivity contribution in [3.63, 3.8) is 0 Å². The molecule has 0 N–H and O–H groups in total. The van der Waals surface area contributed by atoms with Gasteiger partial charge in [-0.3, -0.25) is 14.2 Å². The van der Waals surface area contributed by atoms with E-state index >= 15 is 0 Å². The van der Waals surface area contributed by atoms with Crippen molar-refractivity contribution in [1.82, 2.24) is 4.57 Å². The molecule has 0 fully saturated rings. The van der Waals surface area contributed by atoms with E-state index in [1.165, 1.54) is 4.57 Å². The summed E-state index contributed by atoms with van der Waals surface area (Å²) < 4.78 is 1.39. The normalized spacial score (nSPS) is 10.3. The lowest BCUT2D eigenvalue weighted by Gasteiger charge is -2.02. The maximum Gasteiger partial charge on any atom is 0.309 e. The number of carbonyl (C=O) groups excluding carboxylic acids is 1. The lowest BCUT2D eigenvalue weighted by Crippen LogP contribution is -2.13. The summed E-state index contributed by atoms with van der Waals surface area (Å²) in [6.07, 6.45) is 0.607. The molecule has 2 aromatic rings. The molecule has 0 radical (unpaired) electrons. The molecule has 1 heterocycles. The standard InChI is InChI=1S/C11H8ClNO2S/c12-10-9(7-14)16-11(15)13(10)6-8-4-2-1-3-5-8/h1-5,7H,6H2. The van der Waals surface area contributed by atoms with Gasteiger partial charge in [0.2, 0.25) is 0 Å². The van der Waals surface area contributed by atoms with E-state index in [-0.39, 0.29) is 14.9 Å². The number of benzene rings is 1. The largest absolute Gasteiger partial charge is 0.309 e. The minimum absolute atomic E-state index is 0.212. The van der Waals surface area contributed by atoms with Gasteiger partial charge in [0, 0.05) is 0 Å². The Morgan fingerprint density at radius 3 is 2.56 bits per heavy atom. The van der Waals surface area contributed by atoms with E-state index in [1.54, 1.807) is 0 Å². The average molecular weight is 254 g/mol. The fourth-order valence-corrected chi connectivity index (χ4v) is 2.42. The quantitative estimate of drug-likeness (QED) is 0.788. The van der Waals surface area contributed by atoms with Crippen LogP contribution in [0.5, 0.6) is 0 Å². The molecule has 0 atom stereocenters. The Balaban J connectivity index is 2.39. The Morgan fingerprint density at radius 2 is 2.00 bits per heavy atom. The second kappa shape index (κ2) is 4.63. The first-order valence-corrected chi connectivity index (χ1v) is 5.80.